The van der Waals surface area contributed by atoms with Gasteiger partial charge in [0.2, 0.25) is 0 Å². The van der Waals surface area contributed by atoms with Crippen molar-refractivity contribution in [2.75, 3.05) is 20.2 Å². The van der Waals surface area contributed by atoms with Gasteiger partial charge in [-0.25, -0.2) is 4.79 Å². The molecule has 31 heavy (non-hydrogen) atoms. The molecule has 1 aliphatic carbocycles. The molecule has 2 aliphatic rings. The zero-order valence-electron chi connectivity index (χ0n) is 18.3. The molecule has 1 aromatic heterocycles. The predicted octanol–water partition coefficient (Wildman–Crippen LogP) is 2.43. The molecular weight excluding hydrogens is 396 g/mol. The van der Waals surface area contributed by atoms with Crippen LogP contribution in [0.25, 0.3) is 0 Å². The number of aromatic nitrogens is 1. The highest BCUT2D eigenvalue weighted by Crippen LogP contribution is 2.38. The quantitative estimate of drug-likeness (QED) is 0.714. The Morgan fingerprint density at radius 2 is 1.84 bits per heavy atom. The zero-order chi connectivity index (χ0) is 22.1. The second-order valence-corrected chi connectivity index (χ2v) is 8.83. The van der Waals surface area contributed by atoms with E-state index in [1.165, 1.54) is 7.11 Å². The van der Waals surface area contributed by atoms with Crippen LogP contribution in [-0.4, -0.2) is 53.4 Å². The standard InChI is InChI=1S/C24H30N2O5/c1-14-10-25-20(15(2)23(14)28)13-26-11-17-8-21(27)22(9-18(17)12-26)31-19-6-4-16(5-7-19)24(29)30-3/h4-7,10,17-18,21-22,27H,8-9,11-13H2,1-3H3,(H,25,28)/t17-,18+,21+,22+/m0/s1. The molecule has 4 rings (SSSR count). The van der Waals surface area contributed by atoms with E-state index in [0.29, 0.717) is 36.1 Å². The van der Waals surface area contributed by atoms with Crippen molar-refractivity contribution in [2.45, 2.75) is 45.4 Å². The fourth-order valence-corrected chi connectivity index (χ4v) is 4.90. The Morgan fingerprint density at radius 3 is 2.52 bits per heavy atom. The van der Waals surface area contributed by atoms with Gasteiger partial charge >= 0.3 is 5.97 Å². The van der Waals surface area contributed by atoms with Crippen LogP contribution >= 0.6 is 0 Å². The van der Waals surface area contributed by atoms with E-state index in [-0.39, 0.29) is 17.5 Å². The van der Waals surface area contributed by atoms with Crippen molar-refractivity contribution in [3.8, 4) is 5.75 Å². The van der Waals surface area contributed by atoms with Crippen molar-refractivity contribution >= 4 is 5.97 Å². The Hall–Kier alpha value is -2.64. The molecule has 1 saturated carbocycles. The molecule has 1 aliphatic heterocycles. The van der Waals surface area contributed by atoms with Crippen LogP contribution < -0.4 is 10.2 Å². The number of nitrogens with zero attached hydrogens (tertiary/aromatic N) is 1. The monoisotopic (exact) mass is 426 g/mol. The fourth-order valence-electron chi connectivity index (χ4n) is 4.90. The minimum Gasteiger partial charge on any atom is -0.488 e. The number of aromatic amines is 1. The number of aryl methyl sites for hydroxylation is 1. The Labute approximate surface area is 182 Å². The Morgan fingerprint density at radius 1 is 1.16 bits per heavy atom. The lowest BCUT2D eigenvalue weighted by molar-refractivity contribution is -0.0231. The van der Waals surface area contributed by atoms with E-state index in [0.717, 1.165) is 36.3 Å². The first-order valence-electron chi connectivity index (χ1n) is 10.8. The third-order valence-electron chi connectivity index (χ3n) is 6.72. The number of nitrogens with one attached hydrogen (secondary N) is 1. The number of hydrogen-bond donors (Lipinski definition) is 2. The summed E-state index contributed by atoms with van der Waals surface area (Å²) in [5.41, 5.74) is 3.06. The van der Waals surface area contributed by atoms with Crippen molar-refractivity contribution in [1.29, 1.82) is 0 Å². The van der Waals surface area contributed by atoms with E-state index in [4.69, 9.17) is 9.47 Å². The predicted molar refractivity (Wildman–Crippen MR) is 116 cm³/mol. The Bertz CT molecular complexity index is 1000. The first-order valence-corrected chi connectivity index (χ1v) is 10.8. The fraction of sp³-hybridized carbons (Fsp3) is 0.500. The number of aliphatic hydroxyl groups excluding tert-OH is 1. The molecule has 1 saturated heterocycles. The van der Waals surface area contributed by atoms with E-state index in [2.05, 4.69) is 9.88 Å². The van der Waals surface area contributed by atoms with Gasteiger partial charge in [0.25, 0.3) is 0 Å². The molecule has 2 heterocycles. The SMILES string of the molecule is COC(=O)c1ccc(O[C@@H]2C[C@@H]3CN(Cc4[nH]cc(C)c(=O)c4C)C[C@@H]3C[C@H]2O)cc1. The average Bonchev–Trinajstić information content (AvgIpc) is 3.15. The number of H-pyrrole nitrogens is 1. The highest BCUT2D eigenvalue weighted by molar-refractivity contribution is 5.89. The normalized spacial score (nSPS) is 25.8. The van der Waals surface area contributed by atoms with Gasteiger partial charge in [0, 0.05) is 42.7 Å². The van der Waals surface area contributed by atoms with E-state index in [9.17, 15) is 14.7 Å². The summed E-state index contributed by atoms with van der Waals surface area (Å²) >= 11 is 0. The number of carbonyl (C=O) groups is 1. The van der Waals surface area contributed by atoms with Crippen LogP contribution in [0.2, 0.25) is 0 Å². The van der Waals surface area contributed by atoms with Crippen LogP contribution in [0, 0.1) is 25.7 Å². The van der Waals surface area contributed by atoms with Gasteiger partial charge in [-0.3, -0.25) is 9.69 Å². The van der Waals surface area contributed by atoms with Crippen LogP contribution in [-0.2, 0) is 11.3 Å². The van der Waals surface area contributed by atoms with Crippen LogP contribution in [0.1, 0.15) is 40.0 Å². The number of likely N-dealkylation sites (tertiary alicyclic amines) is 1. The number of pyridine rings is 1. The Balaban J connectivity index is 1.38. The molecule has 1 aromatic carbocycles. The number of rotatable bonds is 5. The van der Waals surface area contributed by atoms with Crippen molar-refractivity contribution in [3.05, 3.63) is 63.1 Å². The summed E-state index contributed by atoms with van der Waals surface area (Å²) in [6.07, 6.45) is 2.47. The molecule has 2 fully saturated rings. The Kier molecular flexibility index (Phi) is 6.16. The number of hydrogen-bond acceptors (Lipinski definition) is 6. The van der Waals surface area contributed by atoms with Crippen LogP contribution in [0.4, 0.5) is 0 Å². The summed E-state index contributed by atoms with van der Waals surface area (Å²) in [6.45, 7) is 6.25. The number of methoxy groups -OCH3 is 1. The third-order valence-corrected chi connectivity index (χ3v) is 6.72. The van der Waals surface area contributed by atoms with Gasteiger partial charge in [-0.05, 0) is 62.8 Å². The van der Waals surface area contributed by atoms with Crippen molar-refractivity contribution in [3.63, 3.8) is 0 Å². The van der Waals surface area contributed by atoms with Crippen molar-refractivity contribution in [1.82, 2.24) is 9.88 Å². The van der Waals surface area contributed by atoms with Gasteiger partial charge in [-0.2, -0.15) is 0 Å². The molecule has 0 bridgehead atoms. The van der Waals surface area contributed by atoms with E-state index in [1.807, 2.05) is 13.8 Å². The second kappa shape index (κ2) is 8.85. The number of aliphatic hydroxyl groups is 1. The van der Waals surface area contributed by atoms with Crippen LogP contribution in [0.5, 0.6) is 5.75 Å². The first kappa shape index (κ1) is 21.6. The topological polar surface area (TPSA) is 91.9 Å². The summed E-state index contributed by atoms with van der Waals surface area (Å²) in [5, 5.41) is 10.7. The van der Waals surface area contributed by atoms with Gasteiger partial charge in [0.1, 0.15) is 11.9 Å². The first-order chi connectivity index (χ1) is 14.9. The largest absolute Gasteiger partial charge is 0.488 e. The maximum Gasteiger partial charge on any atom is 0.337 e. The number of ether oxygens (including phenoxy) is 2. The molecule has 7 heteroatoms. The number of fused-ring (bicyclic) bond motifs is 1. The number of carbonyl (C=O) groups excluding carboxylic acids is 1. The minimum atomic E-state index is -0.526. The summed E-state index contributed by atoms with van der Waals surface area (Å²) in [7, 11) is 1.35. The minimum absolute atomic E-state index is 0.104. The highest BCUT2D eigenvalue weighted by Gasteiger charge is 2.42. The zero-order valence-corrected chi connectivity index (χ0v) is 18.3. The summed E-state index contributed by atoms with van der Waals surface area (Å²) in [4.78, 5) is 29.5. The molecule has 0 unspecified atom stereocenters. The maximum absolute atomic E-state index is 12.2. The molecular formula is C24H30N2O5. The maximum atomic E-state index is 12.2. The molecule has 0 spiro atoms. The van der Waals surface area contributed by atoms with Gasteiger partial charge < -0.3 is 19.6 Å². The third kappa shape index (κ3) is 4.52. The van der Waals surface area contributed by atoms with E-state index in [1.54, 1.807) is 30.5 Å². The summed E-state index contributed by atoms with van der Waals surface area (Å²) in [6, 6.07) is 6.81. The molecule has 0 radical (unpaired) electrons. The lowest BCUT2D eigenvalue weighted by Gasteiger charge is -2.35. The molecule has 2 aromatic rings. The van der Waals surface area contributed by atoms with Crippen LogP contribution in [0.3, 0.4) is 0 Å². The van der Waals surface area contributed by atoms with Gasteiger partial charge in [0.05, 0.1) is 18.8 Å². The lowest BCUT2D eigenvalue weighted by atomic mass is 9.78. The van der Waals surface area contributed by atoms with E-state index < -0.39 is 6.10 Å². The molecule has 4 atom stereocenters. The lowest BCUT2D eigenvalue weighted by Crippen LogP contribution is -2.42. The molecule has 7 nitrogen and oxygen atoms in total. The summed E-state index contributed by atoms with van der Waals surface area (Å²) in [5.74, 6) is 1.12. The van der Waals surface area contributed by atoms with Crippen molar-refractivity contribution < 1.29 is 19.4 Å². The second-order valence-electron chi connectivity index (χ2n) is 8.83. The number of esters is 1. The molecule has 166 valence electrons. The van der Waals surface area contributed by atoms with Crippen LogP contribution in [0.15, 0.2) is 35.3 Å². The summed E-state index contributed by atoms with van der Waals surface area (Å²) < 4.78 is 10.8. The molecule has 0 amide bonds. The van der Waals surface area contributed by atoms with Gasteiger partial charge in [0.15, 0.2) is 5.43 Å². The highest BCUT2D eigenvalue weighted by atomic mass is 16.5. The van der Waals surface area contributed by atoms with Crippen molar-refractivity contribution in [2.24, 2.45) is 11.8 Å². The average molecular weight is 427 g/mol. The van der Waals surface area contributed by atoms with E-state index >= 15 is 0 Å². The smallest absolute Gasteiger partial charge is 0.337 e. The molecule has 2 N–H and O–H groups in total. The van der Waals surface area contributed by atoms with Gasteiger partial charge in [-0.15, -0.1) is 0 Å². The van der Waals surface area contributed by atoms with Gasteiger partial charge in [-0.1, -0.05) is 0 Å². The number of benzene rings is 1.